The highest BCUT2D eigenvalue weighted by atomic mass is 35.5. The maximum atomic E-state index is 12.1. The molecule has 0 bridgehead atoms. The summed E-state index contributed by atoms with van der Waals surface area (Å²) in [6, 6.07) is 7.41. The van der Waals surface area contributed by atoms with E-state index in [1.165, 1.54) is 11.3 Å². The molecule has 2 aromatic heterocycles. The number of rotatable bonds is 7. The molecule has 0 aliphatic carbocycles. The van der Waals surface area contributed by atoms with E-state index in [2.05, 4.69) is 30.1 Å². The molecule has 3 aromatic rings. The Morgan fingerprint density at radius 1 is 1.21 bits per heavy atom. The van der Waals surface area contributed by atoms with Crippen LogP contribution >= 0.6 is 22.9 Å². The average Bonchev–Trinajstić information content (AvgIpc) is 3.17. The highest BCUT2D eigenvalue weighted by Gasteiger charge is 2.22. The van der Waals surface area contributed by atoms with Gasteiger partial charge in [0.1, 0.15) is 22.3 Å². The molecule has 0 spiro atoms. The number of β-amino-alcohol motifs (C(OH)–C–C–N with tert-alkyl or cyclic N) is 1. The topological polar surface area (TPSA) is 152 Å². The molecule has 1 aliphatic heterocycles. The largest absolute Gasteiger partial charge is 0.412 e. The first-order valence-electron chi connectivity index (χ1n) is 10.6. The summed E-state index contributed by atoms with van der Waals surface area (Å²) in [4.78, 5) is 30.6. The number of nitrogens with one attached hydrogen (secondary N) is 1. The molecular formula is C22H28ClN7O3S. The predicted octanol–water partition coefficient (Wildman–Crippen LogP) is 2.00. The van der Waals surface area contributed by atoms with Crippen LogP contribution < -0.4 is 16.0 Å². The van der Waals surface area contributed by atoms with Gasteiger partial charge < -0.3 is 26.5 Å². The molecule has 4 rings (SSSR count). The van der Waals surface area contributed by atoms with Crippen LogP contribution in [0.3, 0.4) is 0 Å². The maximum Gasteiger partial charge on any atom is 0.261 e. The van der Waals surface area contributed by atoms with Crippen LogP contribution in [0.15, 0.2) is 24.3 Å². The molecule has 182 valence electrons. The number of nitrogens with zero attached hydrogens (tertiary/aromatic N) is 5. The van der Waals surface area contributed by atoms with E-state index in [4.69, 9.17) is 22.4 Å². The average molecular weight is 506 g/mol. The van der Waals surface area contributed by atoms with E-state index in [-0.39, 0.29) is 12.1 Å². The third-order valence-corrected chi connectivity index (χ3v) is 6.78. The summed E-state index contributed by atoms with van der Waals surface area (Å²) in [5.74, 6) is 1.47. The summed E-state index contributed by atoms with van der Waals surface area (Å²) in [5.41, 5.74) is 7.71. The number of aliphatic hydroxyl groups excluding tert-OH is 1. The lowest BCUT2D eigenvalue weighted by molar-refractivity contribution is 0.100. The van der Waals surface area contributed by atoms with E-state index >= 15 is 0 Å². The first-order chi connectivity index (χ1) is 15.9. The van der Waals surface area contributed by atoms with Crippen LogP contribution in [0, 0.1) is 13.8 Å². The summed E-state index contributed by atoms with van der Waals surface area (Å²) in [6.07, 6.45) is 0. The Bertz CT molecular complexity index is 1150. The van der Waals surface area contributed by atoms with E-state index in [1.54, 1.807) is 6.07 Å². The van der Waals surface area contributed by atoms with E-state index in [9.17, 15) is 4.79 Å². The Morgan fingerprint density at radius 2 is 1.94 bits per heavy atom. The van der Waals surface area contributed by atoms with E-state index in [0.717, 1.165) is 37.6 Å². The van der Waals surface area contributed by atoms with Crippen molar-refractivity contribution in [2.75, 3.05) is 49.5 Å². The number of nitrogens with two attached hydrogens (primary N) is 1. The summed E-state index contributed by atoms with van der Waals surface area (Å²) in [5, 5.41) is 13.4. The van der Waals surface area contributed by atoms with E-state index in [0.29, 0.717) is 44.5 Å². The fourth-order valence-corrected chi connectivity index (χ4v) is 5.01. The molecule has 1 saturated heterocycles. The van der Waals surface area contributed by atoms with Gasteiger partial charge in [-0.3, -0.25) is 9.69 Å². The molecule has 10 nitrogen and oxygen atoms in total. The number of aryl methyl sites for hydroxylation is 2. The molecule has 1 fully saturated rings. The van der Waals surface area contributed by atoms with Crippen LogP contribution in [0.5, 0.6) is 0 Å². The number of benzene rings is 1. The van der Waals surface area contributed by atoms with Gasteiger partial charge in [0.25, 0.3) is 5.91 Å². The zero-order valence-corrected chi connectivity index (χ0v) is 20.6. The Hall–Kier alpha value is -2.83. The van der Waals surface area contributed by atoms with Crippen molar-refractivity contribution in [2.45, 2.75) is 13.8 Å². The first kappa shape index (κ1) is 25.8. The minimum Gasteiger partial charge on any atom is -0.412 e. The van der Waals surface area contributed by atoms with Crippen LogP contribution in [-0.4, -0.2) is 75.7 Å². The van der Waals surface area contributed by atoms with Crippen molar-refractivity contribution in [1.82, 2.24) is 19.9 Å². The number of aromatic nitrogens is 3. The third-order valence-electron chi connectivity index (χ3n) is 5.48. The maximum absolute atomic E-state index is 12.1. The van der Waals surface area contributed by atoms with Gasteiger partial charge in [-0.1, -0.05) is 35.1 Å². The standard InChI is InChI=1S/C22H26ClN7O2S.H2O/c1-13-4-3-5-15(23)18(13)19-20(21(24)32)33-22(28-19)27-16-12-17(26-14(2)25-16)30-8-6-29(7-9-30)10-11-31;/h3-5,12,31H,6-11H2,1-2H3,(H2,24,32)(H,25,26,27,28);1H2. The Morgan fingerprint density at radius 3 is 2.59 bits per heavy atom. The van der Waals surface area contributed by atoms with Crippen molar-refractivity contribution in [2.24, 2.45) is 5.73 Å². The number of carbonyl (C=O) groups is 1. The van der Waals surface area contributed by atoms with Gasteiger partial charge in [-0.15, -0.1) is 0 Å². The number of thiazole rings is 1. The lowest BCUT2D eigenvalue weighted by Crippen LogP contribution is -2.47. The second-order valence-corrected chi connectivity index (χ2v) is 9.23. The quantitative estimate of drug-likeness (QED) is 0.440. The molecule has 0 atom stereocenters. The highest BCUT2D eigenvalue weighted by molar-refractivity contribution is 7.18. The number of carbonyl (C=O) groups excluding carboxylic acids is 1. The summed E-state index contributed by atoms with van der Waals surface area (Å²) >= 11 is 7.58. The van der Waals surface area contributed by atoms with Crippen molar-refractivity contribution >= 4 is 45.6 Å². The minimum absolute atomic E-state index is 0. The normalized spacial score (nSPS) is 14.1. The van der Waals surface area contributed by atoms with Crippen LogP contribution in [0.4, 0.5) is 16.8 Å². The molecule has 3 heterocycles. The number of hydrogen-bond donors (Lipinski definition) is 3. The van der Waals surface area contributed by atoms with Gasteiger partial charge >= 0.3 is 0 Å². The summed E-state index contributed by atoms with van der Waals surface area (Å²) in [7, 11) is 0. The molecule has 12 heteroatoms. The number of aliphatic hydroxyl groups is 1. The highest BCUT2D eigenvalue weighted by Crippen LogP contribution is 2.37. The van der Waals surface area contributed by atoms with Gasteiger partial charge in [-0.25, -0.2) is 15.0 Å². The molecule has 0 unspecified atom stereocenters. The number of anilines is 3. The Labute approximate surface area is 206 Å². The number of primary amides is 1. The zero-order valence-electron chi connectivity index (χ0n) is 19.0. The van der Waals surface area contributed by atoms with Gasteiger partial charge in [-0.2, -0.15) is 0 Å². The van der Waals surface area contributed by atoms with Gasteiger partial charge in [0.05, 0.1) is 17.3 Å². The second kappa shape index (κ2) is 11.1. The molecule has 1 aromatic carbocycles. The Balaban J connectivity index is 0.00000324. The monoisotopic (exact) mass is 505 g/mol. The fourth-order valence-electron chi connectivity index (χ4n) is 3.87. The van der Waals surface area contributed by atoms with E-state index < -0.39 is 5.91 Å². The zero-order chi connectivity index (χ0) is 23.5. The molecule has 6 N–H and O–H groups in total. The minimum atomic E-state index is -0.560. The molecule has 0 saturated carbocycles. The number of halogens is 1. The second-order valence-electron chi connectivity index (χ2n) is 7.83. The first-order valence-corrected chi connectivity index (χ1v) is 11.8. The van der Waals surface area contributed by atoms with Crippen LogP contribution in [0.2, 0.25) is 5.02 Å². The van der Waals surface area contributed by atoms with Crippen LogP contribution in [-0.2, 0) is 0 Å². The van der Waals surface area contributed by atoms with Gasteiger partial charge in [-0.05, 0) is 25.5 Å². The third kappa shape index (κ3) is 5.62. The summed E-state index contributed by atoms with van der Waals surface area (Å²) in [6.45, 7) is 7.96. The van der Waals surface area contributed by atoms with Gasteiger partial charge in [0, 0.05) is 44.4 Å². The van der Waals surface area contributed by atoms with Crippen molar-refractivity contribution in [3.05, 3.63) is 45.6 Å². The van der Waals surface area contributed by atoms with Crippen molar-refractivity contribution < 1.29 is 15.4 Å². The molecule has 1 aliphatic rings. The van der Waals surface area contributed by atoms with Gasteiger partial charge in [0.2, 0.25) is 0 Å². The predicted molar refractivity (Wildman–Crippen MR) is 135 cm³/mol. The SMILES string of the molecule is Cc1nc(Nc2nc(-c3c(C)cccc3Cl)c(C(N)=O)s2)cc(N2CCN(CCO)CC2)n1.O. The molecule has 34 heavy (non-hydrogen) atoms. The lowest BCUT2D eigenvalue weighted by atomic mass is 10.0. The molecular weight excluding hydrogens is 478 g/mol. The summed E-state index contributed by atoms with van der Waals surface area (Å²) < 4.78 is 0. The van der Waals surface area contributed by atoms with Crippen molar-refractivity contribution in [3.63, 3.8) is 0 Å². The molecule has 0 radical (unpaired) electrons. The number of hydrogen-bond acceptors (Lipinski definition) is 9. The van der Waals surface area contributed by atoms with Crippen LogP contribution in [0.25, 0.3) is 11.3 Å². The number of piperazine rings is 1. The lowest BCUT2D eigenvalue weighted by Gasteiger charge is -2.35. The van der Waals surface area contributed by atoms with Crippen molar-refractivity contribution in [3.8, 4) is 11.3 Å². The Kier molecular flexibility index (Phi) is 8.39. The van der Waals surface area contributed by atoms with Crippen LogP contribution in [0.1, 0.15) is 21.1 Å². The number of amides is 1. The van der Waals surface area contributed by atoms with E-state index in [1.807, 2.05) is 32.0 Å². The van der Waals surface area contributed by atoms with Gasteiger partial charge in [0.15, 0.2) is 5.13 Å². The molecule has 1 amide bonds. The fraction of sp³-hybridized carbons (Fsp3) is 0.364. The van der Waals surface area contributed by atoms with Crippen molar-refractivity contribution in [1.29, 1.82) is 0 Å². The smallest absolute Gasteiger partial charge is 0.261 e.